The van der Waals surface area contributed by atoms with Crippen LogP contribution in [0.2, 0.25) is 5.02 Å². The van der Waals surface area contributed by atoms with Crippen molar-refractivity contribution in [3.8, 4) is 0 Å². The van der Waals surface area contributed by atoms with Gasteiger partial charge in [0, 0.05) is 24.4 Å². The van der Waals surface area contributed by atoms with Crippen LogP contribution in [-0.2, 0) is 6.18 Å². The van der Waals surface area contributed by atoms with E-state index in [0.29, 0.717) is 11.4 Å². The van der Waals surface area contributed by atoms with Crippen molar-refractivity contribution in [2.75, 3.05) is 6.54 Å². The molecule has 11 heteroatoms. The van der Waals surface area contributed by atoms with Crippen molar-refractivity contribution in [1.29, 1.82) is 0 Å². The molecule has 2 heterocycles. The van der Waals surface area contributed by atoms with Crippen molar-refractivity contribution < 1.29 is 18.0 Å². The van der Waals surface area contributed by atoms with Crippen molar-refractivity contribution in [2.24, 2.45) is 15.9 Å². The Kier molecular flexibility index (Phi) is 6.30. The van der Waals surface area contributed by atoms with Crippen LogP contribution in [0.25, 0.3) is 0 Å². The molecule has 2 N–H and O–H groups in total. The smallest absolute Gasteiger partial charge is 0.330 e. The van der Waals surface area contributed by atoms with Gasteiger partial charge in [0.2, 0.25) is 5.95 Å². The number of carbonyl (C=O) groups excluding carboxylic acids is 1. The van der Waals surface area contributed by atoms with Crippen LogP contribution in [0.15, 0.2) is 34.4 Å². The van der Waals surface area contributed by atoms with Gasteiger partial charge in [-0.05, 0) is 39.0 Å². The average Bonchev–Trinajstić information content (AvgIpc) is 2.66. The summed E-state index contributed by atoms with van der Waals surface area (Å²) in [7, 11) is 0. The Labute approximate surface area is 181 Å². The van der Waals surface area contributed by atoms with Crippen LogP contribution in [0.1, 0.15) is 40.7 Å². The standard InChI is InChI=1S/C20H20ClF3N6O/c1-10-9-11(2)27-19(26-10)28-15-7-8-30(12(3)17(15)29-25)18(31)13-5-4-6-14(16(13)21)20(22,23)24/h4-6,9,12H,7-8,25H2,1-3H3. The van der Waals surface area contributed by atoms with Crippen molar-refractivity contribution in [3.63, 3.8) is 0 Å². The number of piperidine rings is 1. The van der Waals surface area contributed by atoms with E-state index in [1.165, 1.54) is 11.0 Å². The van der Waals surface area contributed by atoms with E-state index in [1.807, 2.05) is 19.9 Å². The lowest BCUT2D eigenvalue weighted by Gasteiger charge is -2.35. The van der Waals surface area contributed by atoms with Crippen LogP contribution in [0.5, 0.6) is 0 Å². The maximum Gasteiger partial charge on any atom is 0.417 e. The first kappa shape index (κ1) is 22.7. The van der Waals surface area contributed by atoms with Gasteiger partial charge in [-0.25, -0.2) is 15.0 Å². The summed E-state index contributed by atoms with van der Waals surface area (Å²) in [5.74, 6) is 5.17. The first-order valence-electron chi connectivity index (χ1n) is 9.37. The van der Waals surface area contributed by atoms with Gasteiger partial charge in [-0.15, -0.1) is 0 Å². The lowest BCUT2D eigenvalue weighted by molar-refractivity contribution is -0.137. The van der Waals surface area contributed by atoms with E-state index >= 15 is 0 Å². The zero-order valence-corrected chi connectivity index (χ0v) is 17.8. The van der Waals surface area contributed by atoms with E-state index in [4.69, 9.17) is 17.4 Å². The number of carbonyl (C=O) groups is 1. The van der Waals surface area contributed by atoms with E-state index in [-0.39, 0.29) is 24.5 Å². The molecule has 1 atom stereocenters. The molecule has 1 aliphatic rings. The van der Waals surface area contributed by atoms with Crippen LogP contribution in [0.3, 0.4) is 0 Å². The molecule has 1 aromatic carbocycles. The number of aromatic nitrogens is 2. The number of aryl methyl sites for hydroxylation is 2. The zero-order valence-electron chi connectivity index (χ0n) is 17.0. The molecule has 1 saturated heterocycles. The highest BCUT2D eigenvalue weighted by atomic mass is 35.5. The lowest BCUT2D eigenvalue weighted by atomic mass is 9.97. The number of benzene rings is 1. The summed E-state index contributed by atoms with van der Waals surface area (Å²) in [4.78, 5) is 27.4. The van der Waals surface area contributed by atoms with E-state index in [1.54, 1.807) is 6.92 Å². The van der Waals surface area contributed by atoms with Crippen molar-refractivity contribution >= 4 is 34.9 Å². The van der Waals surface area contributed by atoms with Gasteiger partial charge in [-0.3, -0.25) is 4.79 Å². The van der Waals surface area contributed by atoms with Gasteiger partial charge in [-0.1, -0.05) is 17.7 Å². The number of hydrogen-bond acceptors (Lipinski definition) is 6. The molecule has 2 aromatic rings. The highest BCUT2D eigenvalue weighted by Gasteiger charge is 2.37. The fourth-order valence-corrected chi connectivity index (χ4v) is 3.77. The molecule has 3 rings (SSSR count). The first-order valence-corrected chi connectivity index (χ1v) is 9.75. The number of nitrogens with two attached hydrogens (primary N) is 1. The van der Waals surface area contributed by atoms with Crippen LogP contribution < -0.4 is 5.84 Å². The molecule has 0 radical (unpaired) electrons. The molecule has 0 bridgehead atoms. The second kappa shape index (κ2) is 8.62. The van der Waals surface area contributed by atoms with E-state index < -0.39 is 28.7 Å². The molecular formula is C20H20ClF3N6O. The maximum absolute atomic E-state index is 13.2. The van der Waals surface area contributed by atoms with Crippen molar-refractivity contribution in [2.45, 2.75) is 39.4 Å². The third-order valence-corrected chi connectivity index (χ3v) is 5.30. The fraction of sp³-hybridized carbons (Fsp3) is 0.350. The summed E-state index contributed by atoms with van der Waals surface area (Å²) < 4.78 is 39.5. The summed E-state index contributed by atoms with van der Waals surface area (Å²) in [6, 6.07) is 4.42. The molecule has 1 fully saturated rings. The molecular weight excluding hydrogens is 433 g/mol. The van der Waals surface area contributed by atoms with Gasteiger partial charge in [0.15, 0.2) is 0 Å². The van der Waals surface area contributed by atoms with E-state index in [0.717, 1.165) is 23.5 Å². The molecule has 1 aliphatic heterocycles. The third kappa shape index (κ3) is 4.68. The Hall–Kier alpha value is -3.01. The molecule has 0 saturated carbocycles. The minimum Gasteiger partial charge on any atom is -0.330 e. The van der Waals surface area contributed by atoms with Gasteiger partial charge in [0.25, 0.3) is 5.91 Å². The SMILES string of the molecule is Cc1cc(C)nc(N=C2CCN(C(=O)c3cccc(C(F)(F)F)c3Cl)C(C)C2=NN)n1. The minimum atomic E-state index is -4.67. The van der Waals surface area contributed by atoms with Crippen LogP contribution in [0, 0.1) is 13.8 Å². The largest absolute Gasteiger partial charge is 0.417 e. The molecule has 1 aromatic heterocycles. The number of halogens is 4. The number of hydrogen-bond donors (Lipinski definition) is 1. The number of hydrazone groups is 1. The van der Waals surface area contributed by atoms with Crippen molar-refractivity contribution in [1.82, 2.24) is 14.9 Å². The first-order chi connectivity index (χ1) is 14.5. The fourth-order valence-electron chi connectivity index (χ4n) is 3.46. The third-order valence-electron chi connectivity index (χ3n) is 4.89. The van der Waals surface area contributed by atoms with Gasteiger partial charge in [0.1, 0.15) is 5.71 Å². The number of likely N-dealkylation sites (tertiary alicyclic amines) is 1. The zero-order chi connectivity index (χ0) is 22.9. The van der Waals surface area contributed by atoms with Crippen LogP contribution in [-0.4, -0.2) is 44.8 Å². The topological polar surface area (TPSA) is 96.8 Å². The normalized spacial score (nSPS) is 19.8. The summed E-state index contributed by atoms with van der Waals surface area (Å²) >= 11 is 5.93. The Morgan fingerprint density at radius 2 is 1.90 bits per heavy atom. The van der Waals surface area contributed by atoms with Crippen molar-refractivity contribution in [3.05, 3.63) is 51.8 Å². The minimum absolute atomic E-state index is 0.190. The Bertz CT molecular complexity index is 1060. The van der Waals surface area contributed by atoms with Gasteiger partial charge < -0.3 is 10.7 Å². The molecule has 31 heavy (non-hydrogen) atoms. The Balaban J connectivity index is 1.92. The molecule has 1 amide bonds. The monoisotopic (exact) mass is 452 g/mol. The Morgan fingerprint density at radius 3 is 2.48 bits per heavy atom. The summed E-state index contributed by atoms with van der Waals surface area (Å²) in [5.41, 5.74) is 1.03. The van der Waals surface area contributed by atoms with Gasteiger partial charge in [-0.2, -0.15) is 18.3 Å². The number of aliphatic imine (C=N–C) groups is 1. The van der Waals surface area contributed by atoms with Gasteiger partial charge in [0.05, 0.1) is 27.9 Å². The lowest BCUT2D eigenvalue weighted by Crippen LogP contribution is -2.51. The predicted molar refractivity (Wildman–Crippen MR) is 112 cm³/mol. The number of alkyl halides is 3. The summed E-state index contributed by atoms with van der Waals surface area (Å²) in [6.45, 7) is 5.50. The molecule has 164 valence electrons. The Morgan fingerprint density at radius 1 is 1.26 bits per heavy atom. The molecule has 7 nitrogen and oxygen atoms in total. The number of amides is 1. The number of nitrogens with zero attached hydrogens (tertiary/aromatic N) is 5. The van der Waals surface area contributed by atoms with Crippen LogP contribution >= 0.6 is 11.6 Å². The number of rotatable bonds is 2. The predicted octanol–water partition coefficient (Wildman–Crippen LogP) is 4.09. The average molecular weight is 453 g/mol. The van der Waals surface area contributed by atoms with Gasteiger partial charge >= 0.3 is 6.18 Å². The quantitative estimate of drug-likeness (QED) is 0.548. The van der Waals surface area contributed by atoms with E-state index in [9.17, 15) is 18.0 Å². The van der Waals surface area contributed by atoms with E-state index in [2.05, 4.69) is 20.1 Å². The highest BCUT2D eigenvalue weighted by molar-refractivity contribution is 6.45. The highest BCUT2D eigenvalue weighted by Crippen LogP contribution is 2.37. The second-order valence-electron chi connectivity index (χ2n) is 7.11. The maximum atomic E-state index is 13.2. The summed E-state index contributed by atoms with van der Waals surface area (Å²) in [5, 5.41) is 3.14. The second-order valence-corrected chi connectivity index (χ2v) is 7.49. The molecule has 0 aliphatic carbocycles. The summed E-state index contributed by atoms with van der Waals surface area (Å²) in [6.07, 6.45) is -4.39. The molecule has 0 spiro atoms. The van der Waals surface area contributed by atoms with Crippen LogP contribution in [0.4, 0.5) is 19.1 Å². The molecule has 1 unspecified atom stereocenters.